The van der Waals surface area contributed by atoms with Gasteiger partial charge in [-0.1, -0.05) is 24.3 Å². The van der Waals surface area contributed by atoms with Crippen molar-refractivity contribution in [3.8, 4) is 0 Å². The fourth-order valence-electron chi connectivity index (χ4n) is 2.58. The molecule has 0 fully saturated rings. The van der Waals surface area contributed by atoms with Gasteiger partial charge in [-0.2, -0.15) is 0 Å². The van der Waals surface area contributed by atoms with Crippen molar-refractivity contribution in [2.24, 2.45) is 5.73 Å². The lowest BCUT2D eigenvalue weighted by atomic mass is 9.74. The van der Waals surface area contributed by atoms with Crippen molar-refractivity contribution >= 4 is 0 Å². The van der Waals surface area contributed by atoms with Crippen LogP contribution in [0.1, 0.15) is 40.9 Å². The van der Waals surface area contributed by atoms with Gasteiger partial charge in [0.25, 0.3) is 0 Å². The lowest BCUT2D eigenvalue weighted by Gasteiger charge is -2.31. The molecule has 0 bridgehead atoms. The van der Waals surface area contributed by atoms with Crippen molar-refractivity contribution in [1.29, 1.82) is 0 Å². The molecule has 18 heavy (non-hydrogen) atoms. The van der Waals surface area contributed by atoms with Crippen LogP contribution in [0.25, 0.3) is 0 Å². The quantitative estimate of drug-likeness (QED) is 0.895. The van der Waals surface area contributed by atoms with Gasteiger partial charge in [-0.05, 0) is 42.4 Å². The Morgan fingerprint density at radius 1 is 1.28 bits per heavy atom. The Morgan fingerprint density at radius 3 is 2.72 bits per heavy atom. The largest absolute Gasteiger partial charge is 0.321 e. The molecule has 1 aromatic heterocycles. The average Bonchev–Trinajstić information content (AvgIpc) is 2.36. The fraction of sp³-hybridized carbons (Fsp3) is 0.333. The molecule has 0 spiro atoms. The zero-order chi connectivity index (χ0) is 12.5. The first-order valence-electron chi connectivity index (χ1n) is 6.36. The summed E-state index contributed by atoms with van der Waals surface area (Å²) < 4.78 is 0. The second-order valence-electron chi connectivity index (χ2n) is 5.06. The smallest absolute Gasteiger partial charge is 0.144 e. The number of fused-ring (bicyclic) bond motifs is 1. The van der Waals surface area contributed by atoms with E-state index in [1.807, 2.05) is 19.3 Å². The predicted molar refractivity (Wildman–Crippen MR) is 71.2 cm³/mol. The molecule has 3 heteroatoms. The summed E-state index contributed by atoms with van der Waals surface area (Å²) in [5, 5.41) is 0. The van der Waals surface area contributed by atoms with Crippen LogP contribution >= 0.6 is 0 Å². The Hall–Kier alpha value is -1.74. The molecular formula is C15H17N3. The molecule has 92 valence electrons. The van der Waals surface area contributed by atoms with Gasteiger partial charge >= 0.3 is 0 Å². The maximum Gasteiger partial charge on any atom is 0.144 e. The van der Waals surface area contributed by atoms with E-state index < -0.39 is 0 Å². The van der Waals surface area contributed by atoms with Crippen molar-refractivity contribution < 1.29 is 0 Å². The first-order valence-corrected chi connectivity index (χ1v) is 6.36. The van der Waals surface area contributed by atoms with Gasteiger partial charge in [0.1, 0.15) is 5.82 Å². The van der Waals surface area contributed by atoms with E-state index in [1.54, 1.807) is 0 Å². The van der Waals surface area contributed by atoms with Gasteiger partial charge in [0.05, 0.1) is 6.04 Å². The highest BCUT2D eigenvalue weighted by atomic mass is 14.9. The van der Waals surface area contributed by atoms with Crippen molar-refractivity contribution in [1.82, 2.24) is 9.97 Å². The van der Waals surface area contributed by atoms with Gasteiger partial charge in [-0.25, -0.2) is 9.97 Å². The van der Waals surface area contributed by atoms with E-state index in [2.05, 4.69) is 34.2 Å². The molecule has 1 aromatic carbocycles. The third kappa shape index (κ3) is 2.02. The van der Waals surface area contributed by atoms with E-state index in [-0.39, 0.29) is 6.04 Å². The minimum atomic E-state index is -0.0658. The minimum Gasteiger partial charge on any atom is -0.321 e. The second-order valence-corrected chi connectivity index (χ2v) is 5.06. The van der Waals surface area contributed by atoms with Crippen LogP contribution in [0.15, 0.2) is 36.7 Å². The van der Waals surface area contributed by atoms with Gasteiger partial charge in [0, 0.05) is 12.4 Å². The summed E-state index contributed by atoms with van der Waals surface area (Å²) >= 11 is 0. The monoisotopic (exact) mass is 239 g/mol. The zero-order valence-corrected chi connectivity index (χ0v) is 10.5. The van der Waals surface area contributed by atoms with Crippen LogP contribution in [-0.2, 0) is 6.42 Å². The van der Waals surface area contributed by atoms with E-state index in [0.717, 1.165) is 24.2 Å². The van der Waals surface area contributed by atoms with Crippen LogP contribution < -0.4 is 5.73 Å². The van der Waals surface area contributed by atoms with Gasteiger partial charge in [0.15, 0.2) is 0 Å². The molecule has 2 aromatic rings. The van der Waals surface area contributed by atoms with Gasteiger partial charge in [-0.3, -0.25) is 0 Å². The van der Waals surface area contributed by atoms with Gasteiger partial charge < -0.3 is 5.73 Å². The molecule has 1 aliphatic rings. The van der Waals surface area contributed by atoms with Gasteiger partial charge in [0.2, 0.25) is 0 Å². The summed E-state index contributed by atoms with van der Waals surface area (Å²) in [7, 11) is 0. The number of benzene rings is 1. The Bertz CT molecular complexity index is 548. The first kappa shape index (κ1) is 11.4. The number of aryl methyl sites for hydroxylation is 1. The molecule has 0 saturated carbocycles. The van der Waals surface area contributed by atoms with Gasteiger partial charge in [-0.15, -0.1) is 0 Å². The standard InChI is InChI=1S/C15H17N3/c1-10-8-17-15(18-9-10)14(16)7-12-6-11-4-2-3-5-13(11)12/h2-5,8-9,12,14H,6-7,16H2,1H3. The molecule has 1 aliphatic carbocycles. The highest BCUT2D eigenvalue weighted by molar-refractivity contribution is 5.40. The molecule has 2 unspecified atom stereocenters. The molecule has 0 saturated heterocycles. The van der Waals surface area contributed by atoms with Crippen LogP contribution in [-0.4, -0.2) is 9.97 Å². The van der Waals surface area contributed by atoms with Crippen LogP contribution in [0.3, 0.4) is 0 Å². The van der Waals surface area contributed by atoms with Crippen molar-refractivity contribution in [3.05, 3.63) is 59.2 Å². The molecule has 0 amide bonds. The predicted octanol–water partition coefficient (Wildman–Crippen LogP) is 2.51. The van der Waals surface area contributed by atoms with E-state index in [0.29, 0.717) is 5.92 Å². The van der Waals surface area contributed by atoms with E-state index >= 15 is 0 Å². The Balaban J connectivity index is 1.70. The topological polar surface area (TPSA) is 51.8 Å². The normalized spacial score (nSPS) is 18.9. The third-order valence-corrected chi connectivity index (χ3v) is 3.63. The first-order chi connectivity index (χ1) is 8.74. The average molecular weight is 239 g/mol. The Kier molecular flexibility index (Phi) is 2.84. The summed E-state index contributed by atoms with van der Waals surface area (Å²) in [6, 6.07) is 8.52. The fourth-order valence-corrected chi connectivity index (χ4v) is 2.58. The maximum absolute atomic E-state index is 6.19. The van der Waals surface area contributed by atoms with Crippen molar-refractivity contribution in [3.63, 3.8) is 0 Å². The highest BCUT2D eigenvalue weighted by Crippen LogP contribution is 2.39. The Morgan fingerprint density at radius 2 is 2.00 bits per heavy atom. The highest BCUT2D eigenvalue weighted by Gasteiger charge is 2.28. The minimum absolute atomic E-state index is 0.0658. The molecule has 2 atom stereocenters. The number of nitrogens with two attached hydrogens (primary N) is 1. The lowest BCUT2D eigenvalue weighted by molar-refractivity contribution is 0.484. The van der Waals surface area contributed by atoms with E-state index in [9.17, 15) is 0 Å². The molecule has 0 aliphatic heterocycles. The van der Waals surface area contributed by atoms with E-state index in [1.165, 1.54) is 11.1 Å². The maximum atomic E-state index is 6.19. The number of hydrogen-bond donors (Lipinski definition) is 1. The summed E-state index contributed by atoms with van der Waals surface area (Å²) in [6.45, 7) is 1.98. The molecule has 1 heterocycles. The Labute approximate surface area is 107 Å². The summed E-state index contributed by atoms with van der Waals surface area (Å²) in [5.74, 6) is 1.33. The zero-order valence-electron chi connectivity index (χ0n) is 10.5. The molecule has 2 N–H and O–H groups in total. The number of nitrogens with zero attached hydrogens (tertiary/aromatic N) is 2. The van der Waals surface area contributed by atoms with E-state index in [4.69, 9.17) is 5.73 Å². The van der Waals surface area contributed by atoms with Crippen LogP contribution in [0.2, 0.25) is 0 Å². The lowest BCUT2D eigenvalue weighted by Crippen LogP contribution is -2.24. The SMILES string of the molecule is Cc1cnc(C(N)CC2Cc3ccccc32)nc1. The third-order valence-electron chi connectivity index (χ3n) is 3.63. The summed E-state index contributed by atoms with van der Waals surface area (Å²) in [4.78, 5) is 8.62. The summed E-state index contributed by atoms with van der Waals surface area (Å²) in [5.41, 5.74) is 10.2. The molecular weight excluding hydrogens is 222 g/mol. The van der Waals surface area contributed by atoms with Crippen molar-refractivity contribution in [2.45, 2.75) is 31.7 Å². The molecule has 0 radical (unpaired) electrons. The van der Waals surface area contributed by atoms with Crippen LogP contribution in [0.4, 0.5) is 0 Å². The van der Waals surface area contributed by atoms with Crippen molar-refractivity contribution in [2.75, 3.05) is 0 Å². The number of hydrogen-bond acceptors (Lipinski definition) is 3. The molecule has 3 rings (SSSR count). The second kappa shape index (κ2) is 4.50. The van der Waals surface area contributed by atoms with Crippen LogP contribution in [0.5, 0.6) is 0 Å². The summed E-state index contributed by atoms with van der Waals surface area (Å²) in [6.07, 6.45) is 5.73. The number of aromatic nitrogens is 2. The number of rotatable bonds is 3. The molecule has 3 nitrogen and oxygen atoms in total. The van der Waals surface area contributed by atoms with Crippen LogP contribution in [0, 0.1) is 6.92 Å².